The van der Waals surface area contributed by atoms with E-state index in [0.29, 0.717) is 0 Å². The summed E-state index contributed by atoms with van der Waals surface area (Å²) in [6, 6.07) is 8.39. The minimum Gasteiger partial charge on any atom is -0.350 e. The first-order valence-electron chi connectivity index (χ1n) is 6.08. The van der Waals surface area contributed by atoms with Crippen LogP contribution in [0.2, 0.25) is 0 Å². The average Bonchev–Trinajstić information content (AvgIpc) is 2.64. The van der Waals surface area contributed by atoms with E-state index in [9.17, 15) is 0 Å². The van der Waals surface area contributed by atoms with Crippen LogP contribution in [0.3, 0.4) is 0 Å². The lowest BCUT2D eigenvalue weighted by Crippen LogP contribution is -2.36. The summed E-state index contributed by atoms with van der Waals surface area (Å²) in [5.41, 5.74) is 3.53. The van der Waals surface area contributed by atoms with Crippen molar-refractivity contribution in [2.45, 2.75) is 20.0 Å². The third-order valence-electron chi connectivity index (χ3n) is 3.59. The maximum atomic E-state index is 4.43. The van der Waals surface area contributed by atoms with Gasteiger partial charge in [0.1, 0.15) is 18.2 Å². The van der Waals surface area contributed by atoms with Gasteiger partial charge in [0.15, 0.2) is 5.82 Å². The van der Waals surface area contributed by atoms with Crippen molar-refractivity contribution in [2.75, 3.05) is 16.8 Å². The van der Waals surface area contributed by atoms with Crippen molar-refractivity contribution >= 4 is 17.2 Å². The Labute approximate surface area is 107 Å². The summed E-state index contributed by atoms with van der Waals surface area (Å²) < 4.78 is 0. The van der Waals surface area contributed by atoms with E-state index >= 15 is 0 Å². The van der Waals surface area contributed by atoms with Crippen molar-refractivity contribution in [2.24, 2.45) is 0 Å². The van der Waals surface area contributed by atoms with Crippen LogP contribution in [0.25, 0.3) is 0 Å². The molecule has 2 heterocycles. The normalized spacial score (nSPS) is 18.1. The van der Waals surface area contributed by atoms with Crippen molar-refractivity contribution in [1.82, 2.24) is 9.97 Å². The predicted molar refractivity (Wildman–Crippen MR) is 73.2 cm³/mol. The van der Waals surface area contributed by atoms with E-state index in [4.69, 9.17) is 0 Å². The molecule has 1 aliphatic heterocycles. The predicted octanol–water partition coefficient (Wildman–Crippen LogP) is 2.72. The Bertz CT molecular complexity index is 582. The summed E-state index contributed by atoms with van der Waals surface area (Å²) in [6.45, 7) is 4.30. The summed E-state index contributed by atoms with van der Waals surface area (Å²) in [5.74, 6) is 0.981. The van der Waals surface area contributed by atoms with Crippen LogP contribution in [0.4, 0.5) is 17.2 Å². The number of hydrogen-bond acceptors (Lipinski definition) is 4. The molecule has 0 radical (unpaired) electrons. The quantitative estimate of drug-likeness (QED) is 0.767. The monoisotopic (exact) mass is 240 g/mol. The van der Waals surface area contributed by atoms with E-state index in [1.54, 1.807) is 6.33 Å². The van der Waals surface area contributed by atoms with Crippen LogP contribution in [0.1, 0.15) is 12.5 Å². The highest BCUT2D eigenvalue weighted by molar-refractivity contribution is 5.80. The van der Waals surface area contributed by atoms with E-state index in [1.807, 2.05) is 6.20 Å². The van der Waals surface area contributed by atoms with Crippen LogP contribution in [-0.4, -0.2) is 23.2 Å². The van der Waals surface area contributed by atoms with Gasteiger partial charge in [-0.3, -0.25) is 0 Å². The van der Waals surface area contributed by atoms with Gasteiger partial charge in [0.2, 0.25) is 0 Å². The summed E-state index contributed by atoms with van der Waals surface area (Å²) >= 11 is 0. The zero-order chi connectivity index (χ0) is 12.7. The third kappa shape index (κ3) is 1.45. The van der Waals surface area contributed by atoms with E-state index < -0.39 is 0 Å². The van der Waals surface area contributed by atoms with Crippen molar-refractivity contribution in [1.29, 1.82) is 0 Å². The number of aryl methyl sites for hydroxylation is 1. The lowest BCUT2D eigenvalue weighted by Gasteiger charge is -2.28. The smallest absolute Gasteiger partial charge is 0.161 e. The second-order valence-corrected chi connectivity index (χ2v) is 4.63. The average molecular weight is 240 g/mol. The Morgan fingerprint density at radius 1 is 1.17 bits per heavy atom. The summed E-state index contributed by atoms with van der Waals surface area (Å²) in [6.07, 6.45) is 3.73. The number of rotatable bonds is 1. The topological polar surface area (TPSA) is 32.3 Å². The molecule has 0 N–H and O–H groups in total. The third-order valence-corrected chi connectivity index (χ3v) is 3.59. The summed E-state index contributed by atoms with van der Waals surface area (Å²) in [5, 5.41) is 0. The van der Waals surface area contributed by atoms with Gasteiger partial charge in [-0.15, -0.1) is 0 Å². The SMILES string of the molecule is Cc1ccccc1N1c2ncncc2N(C)C1C. The molecule has 0 fully saturated rings. The standard InChI is InChI=1S/C14H16N4/c1-10-6-4-5-7-12(10)18-11(2)17(3)13-8-15-9-16-14(13)18/h4-9,11H,1-3H3. The number of aromatic nitrogens is 2. The second-order valence-electron chi connectivity index (χ2n) is 4.63. The van der Waals surface area contributed by atoms with Gasteiger partial charge in [-0.1, -0.05) is 18.2 Å². The van der Waals surface area contributed by atoms with Crippen molar-refractivity contribution in [3.63, 3.8) is 0 Å². The van der Waals surface area contributed by atoms with E-state index in [2.05, 4.69) is 64.9 Å². The van der Waals surface area contributed by atoms with Crippen molar-refractivity contribution in [3.8, 4) is 0 Å². The fraction of sp³-hybridized carbons (Fsp3) is 0.286. The Hall–Kier alpha value is -2.10. The van der Waals surface area contributed by atoms with Gasteiger partial charge in [0.25, 0.3) is 0 Å². The largest absolute Gasteiger partial charge is 0.350 e. The van der Waals surface area contributed by atoms with E-state index in [0.717, 1.165) is 11.5 Å². The molecule has 0 saturated heterocycles. The van der Waals surface area contributed by atoms with Crippen LogP contribution in [0.5, 0.6) is 0 Å². The molecule has 4 heteroatoms. The molecular weight excluding hydrogens is 224 g/mol. The molecule has 1 aliphatic rings. The first-order chi connectivity index (χ1) is 8.70. The van der Waals surface area contributed by atoms with E-state index in [-0.39, 0.29) is 6.17 Å². The molecule has 1 aromatic heterocycles. The molecule has 0 amide bonds. The number of nitrogens with zero attached hydrogens (tertiary/aromatic N) is 4. The lowest BCUT2D eigenvalue weighted by molar-refractivity contribution is 0.729. The molecule has 4 nitrogen and oxygen atoms in total. The van der Waals surface area contributed by atoms with Crippen LogP contribution < -0.4 is 9.80 Å². The van der Waals surface area contributed by atoms with Gasteiger partial charge in [-0.2, -0.15) is 0 Å². The second kappa shape index (κ2) is 3.98. The number of fused-ring (bicyclic) bond motifs is 1. The molecule has 0 spiro atoms. The van der Waals surface area contributed by atoms with Crippen molar-refractivity contribution < 1.29 is 0 Å². The van der Waals surface area contributed by atoms with Crippen LogP contribution in [0.15, 0.2) is 36.8 Å². The molecule has 1 aromatic carbocycles. The molecule has 0 bridgehead atoms. The van der Waals surface area contributed by atoms with Crippen LogP contribution >= 0.6 is 0 Å². The lowest BCUT2D eigenvalue weighted by atomic mass is 10.2. The molecule has 2 aromatic rings. The highest BCUT2D eigenvalue weighted by Crippen LogP contribution is 2.41. The molecule has 3 rings (SSSR count). The number of para-hydroxylation sites is 1. The first kappa shape index (κ1) is 11.0. The van der Waals surface area contributed by atoms with Crippen LogP contribution in [0, 0.1) is 6.92 Å². The van der Waals surface area contributed by atoms with Gasteiger partial charge in [0, 0.05) is 12.7 Å². The highest BCUT2D eigenvalue weighted by Gasteiger charge is 2.33. The maximum Gasteiger partial charge on any atom is 0.161 e. The number of benzene rings is 1. The number of anilines is 3. The molecule has 0 aliphatic carbocycles. The fourth-order valence-electron chi connectivity index (χ4n) is 2.45. The maximum absolute atomic E-state index is 4.43. The van der Waals surface area contributed by atoms with Gasteiger partial charge >= 0.3 is 0 Å². The summed E-state index contributed by atoms with van der Waals surface area (Å²) in [7, 11) is 2.07. The summed E-state index contributed by atoms with van der Waals surface area (Å²) in [4.78, 5) is 13.0. The molecule has 0 saturated carbocycles. The first-order valence-corrected chi connectivity index (χ1v) is 6.08. The Morgan fingerprint density at radius 3 is 2.72 bits per heavy atom. The molecule has 1 unspecified atom stereocenters. The molecule has 92 valence electrons. The van der Waals surface area contributed by atoms with Gasteiger partial charge in [-0.25, -0.2) is 9.97 Å². The minimum atomic E-state index is 0.248. The zero-order valence-corrected chi connectivity index (χ0v) is 10.8. The minimum absolute atomic E-state index is 0.248. The van der Waals surface area contributed by atoms with Crippen LogP contribution in [-0.2, 0) is 0 Å². The molecule has 18 heavy (non-hydrogen) atoms. The van der Waals surface area contributed by atoms with Gasteiger partial charge in [0.05, 0.1) is 6.20 Å². The van der Waals surface area contributed by atoms with E-state index in [1.165, 1.54) is 11.3 Å². The molecular formula is C14H16N4. The fourth-order valence-corrected chi connectivity index (χ4v) is 2.45. The highest BCUT2D eigenvalue weighted by atomic mass is 15.4. The number of hydrogen-bond donors (Lipinski definition) is 0. The van der Waals surface area contributed by atoms with Gasteiger partial charge in [-0.05, 0) is 25.5 Å². The molecule has 1 atom stereocenters. The Kier molecular flexibility index (Phi) is 2.44. The van der Waals surface area contributed by atoms with Crippen molar-refractivity contribution in [3.05, 3.63) is 42.4 Å². The zero-order valence-electron chi connectivity index (χ0n) is 10.8. The van der Waals surface area contributed by atoms with Gasteiger partial charge < -0.3 is 9.80 Å². The Balaban J connectivity index is 2.16. The Morgan fingerprint density at radius 2 is 1.94 bits per heavy atom.